The lowest BCUT2D eigenvalue weighted by Crippen LogP contribution is -2.06. The fourth-order valence-electron chi connectivity index (χ4n) is 3.11. The minimum atomic E-state index is -0.988. The molecule has 0 saturated heterocycles. The number of hydrogen-bond donors (Lipinski definition) is 1. The number of carboxylic acids is 1. The molecule has 0 atom stereocenters. The number of carbonyl (C=O) groups is 1. The molecule has 0 aliphatic carbocycles. The van der Waals surface area contributed by atoms with Gasteiger partial charge in [-0.05, 0) is 29.3 Å². The van der Waals surface area contributed by atoms with E-state index >= 15 is 0 Å². The highest BCUT2D eigenvalue weighted by molar-refractivity contribution is 6.02. The lowest BCUT2D eigenvalue weighted by atomic mass is 9.95. The van der Waals surface area contributed by atoms with Crippen LogP contribution in [0.25, 0.3) is 22.6 Å². The van der Waals surface area contributed by atoms with Gasteiger partial charge in [0.15, 0.2) is 0 Å². The number of hydrogen-bond acceptors (Lipinski definition) is 2. The van der Waals surface area contributed by atoms with Gasteiger partial charge in [0.2, 0.25) is 0 Å². The Morgan fingerprint density at radius 2 is 1.44 bits per heavy atom. The number of aromatic carboxylic acids is 1. The highest BCUT2D eigenvalue weighted by atomic mass is 16.4. The molecule has 1 N–H and O–H groups in total. The van der Waals surface area contributed by atoms with Crippen LogP contribution in [-0.4, -0.2) is 16.1 Å². The molecule has 3 heteroatoms. The average Bonchev–Trinajstić information content (AvgIpc) is 2.72. The van der Waals surface area contributed by atoms with Gasteiger partial charge < -0.3 is 5.11 Å². The number of pyridine rings is 1. The van der Waals surface area contributed by atoms with Crippen LogP contribution in [0, 0.1) is 0 Å². The van der Waals surface area contributed by atoms with E-state index in [0.717, 1.165) is 27.6 Å². The van der Waals surface area contributed by atoms with Gasteiger partial charge in [0.25, 0.3) is 0 Å². The Bertz CT molecular complexity index is 1130. The maximum Gasteiger partial charge on any atom is 0.337 e. The number of fused-ring (bicyclic) bond motifs is 1. The van der Waals surface area contributed by atoms with Crippen molar-refractivity contribution in [2.75, 3.05) is 0 Å². The number of aromatic nitrogens is 1. The van der Waals surface area contributed by atoms with E-state index in [9.17, 15) is 9.90 Å². The molecule has 3 nitrogen and oxygen atoms in total. The van der Waals surface area contributed by atoms with Crippen molar-refractivity contribution in [3.8, 4) is 0 Å². The maximum absolute atomic E-state index is 12.0. The summed E-state index contributed by atoms with van der Waals surface area (Å²) >= 11 is 0. The van der Waals surface area contributed by atoms with Crippen molar-refractivity contribution in [1.82, 2.24) is 4.98 Å². The zero-order valence-electron chi connectivity index (χ0n) is 14.5. The molecule has 0 radical (unpaired) electrons. The van der Waals surface area contributed by atoms with Crippen molar-refractivity contribution >= 4 is 28.5 Å². The summed E-state index contributed by atoms with van der Waals surface area (Å²) in [6.07, 6.45) is 1.98. The lowest BCUT2D eigenvalue weighted by Gasteiger charge is -2.12. The molecule has 27 heavy (non-hydrogen) atoms. The van der Waals surface area contributed by atoms with E-state index in [1.54, 1.807) is 6.07 Å². The molecular weight excluding hydrogens is 334 g/mol. The molecular formula is C24H17NO2. The van der Waals surface area contributed by atoms with Crippen LogP contribution in [0.15, 0.2) is 91.0 Å². The molecule has 4 aromatic rings. The highest BCUT2D eigenvalue weighted by Gasteiger charge is 2.18. The van der Waals surface area contributed by atoms with E-state index in [0.29, 0.717) is 5.69 Å². The second kappa shape index (κ2) is 7.26. The van der Waals surface area contributed by atoms with Crippen molar-refractivity contribution in [3.63, 3.8) is 0 Å². The van der Waals surface area contributed by atoms with E-state index < -0.39 is 5.97 Å². The number of rotatable bonds is 4. The van der Waals surface area contributed by atoms with E-state index in [-0.39, 0.29) is 5.56 Å². The van der Waals surface area contributed by atoms with Crippen molar-refractivity contribution in [3.05, 3.63) is 113 Å². The zero-order chi connectivity index (χ0) is 18.6. The van der Waals surface area contributed by atoms with Crippen molar-refractivity contribution in [2.45, 2.75) is 0 Å². The van der Waals surface area contributed by atoms with Gasteiger partial charge >= 0.3 is 5.97 Å². The summed E-state index contributed by atoms with van der Waals surface area (Å²) in [7, 11) is 0. The second-order valence-electron chi connectivity index (χ2n) is 6.22. The highest BCUT2D eigenvalue weighted by Crippen LogP contribution is 2.29. The van der Waals surface area contributed by atoms with Gasteiger partial charge in [-0.25, -0.2) is 9.78 Å². The number of carboxylic acid groups (broad SMARTS) is 1. The minimum Gasteiger partial charge on any atom is -0.478 e. The van der Waals surface area contributed by atoms with Crippen LogP contribution >= 0.6 is 0 Å². The summed E-state index contributed by atoms with van der Waals surface area (Å²) in [5, 5.41) is 10.6. The topological polar surface area (TPSA) is 50.2 Å². The largest absolute Gasteiger partial charge is 0.478 e. The van der Waals surface area contributed by atoms with Gasteiger partial charge in [0.1, 0.15) is 0 Å². The van der Waals surface area contributed by atoms with Gasteiger partial charge in [0.05, 0.1) is 16.8 Å². The van der Waals surface area contributed by atoms with Crippen LogP contribution in [-0.2, 0) is 0 Å². The predicted molar refractivity (Wildman–Crippen MR) is 109 cm³/mol. The molecule has 0 bridgehead atoms. The van der Waals surface area contributed by atoms with Gasteiger partial charge in [-0.2, -0.15) is 0 Å². The van der Waals surface area contributed by atoms with Crippen LogP contribution in [0.4, 0.5) is 0 Å². The standard InChI is InChI=1S/C24H17NO2/c26-24(27)21-16-19-13-7-8-14-22(19)25-23(21)20(18-11-5-2-6-12-18)15-17-9-3-1-4-10-17/h1-16H,(H,26,27)/b20-15+. The van der Waals surface area contributed by atoms with Gasteiger partial charge in [0, 0.05) is 11.0 Å². The van der Waals surface area contributed by atoms with E-state index in [4.69, 9.17) is 4.98 Å². The van der Waals surface area contributed by atoms with Gasteiger partial charge in [-0.15, -0.1) is 0 Å². The Morgan fingerprint density at radius 1 is 0.815 bits per heavy atom. The third-order valence-corrected chi connectivity index (χ3v) is 4.40. The SMILES string of the molecule is O=C(O)c1cc2ccccc2nc1/C(=C/c1ccccc1)c1ccccc1. The van der Waals surface area contributed by atoms with Crippen molar-refractivity contribution < 1.29 is 9.90 Å². The average molecular weight is 351 g/mol. The van der Waals surface area contributed by atoms with Crippen LogP contribution in [0.1, 0.15) is 27.2 Å². The molecule has 0 amide bonds. The number of nitrogens with zero attached hydrogens (tertiary/aromatic N) is 1. The monoisotopic (exact) mass is 351 g/mol. The fraction of sp³-hybridized carbons (Fsp3) is 0. The third-order valence-electron chi connectivity index (χ3n) is 4.40. The quantitative estimate of drug-likeness (QED) is 0.492. The Balaban J connectivity index is 2.02. The first-order valence-corrected chi connectivity index (χ1v) is 8.68. The summed E-state index contributed by atoms with van der Waals surface area (Å²) < 4.78 is 0. The number of para-hydroxylation sites is 1. The molecule has 3 aromatic carbocycles. The normalized spacial score (nSPS) is 11.5. The molecule has 0 spiro atoms. The summed E-state index contributed by atoms with van der Waals surface area (Å²) in [6, 6.07) is 28.9. The third kappa shape index (κ3) is 3.48. The summed E-state index contributed by atoms with van der Waals surface area (Å²) in [5.41, 5.74) is 4.13. The second-order valence-corrected chi connectivity index (χ2v) is 6.22. The lowest BCUT2D eigenvalue weighted by molar-refractivity contribution is 0.0696. The van der Waals surface area contributed by atoms with E-state index in [2.05, 4.69) is 0 Å². The van der Waals surface area contributed by atoms with E-state index in [1.807, 2.05) is 91.0 Å². The molecule has 130 valence electrons. The summed E-state index contributed by atoms with van der Waals surface area (Å²) in [6.45, 7) is 0. The molecule has 1 aromatic heterocycles. The smallest absolute Gasteiger partial charge is 0.337 e. The molecule has 0 unspecified atom stereocenters. The summed E-state index contributed by atoms with van der Waals surface area (Å²) in [5.74, 6) is -0.988. The molecule has 0 saturated carbocycles. The van der Waals surface area contributed by atoms with Crippen LogP contribution in [0.5, 0.6) is 0 Å². The zero-order valence-corrected chi connectivity index (χ0v) is 14.5. The fourth-order valence-corrected chi connectivity index (χ4v) is 3.11. The van der Waals surface area contributed by atoms with E-state index in [1.165, 1.54) is 0 Å². The molecule has 4 rings (SSSR count). The minimum absolute atomic E-state index is 0.194. The molecule has 0 aliphatic rings. The molecule has 0 aliphatic heterocycles. The Morgan fingerprint density at radius 3 is 2.15 bits per heavy atom. The first-order chi connectivity index (χ1) is 13.2. The van der Waals surface area contributed by atoms with Gasteiger partial charge in [-0.3, -0.25) is 0 Å². The molecule has 0 fully saturated rings. The predicted octanol–water partition coefficient (Wildman–Crippen LogP) is 5.52. The maximum atomic E-state index is 12.0. The van der Waals surface area contributed by atoms with Crippen molar-refractivity contribution in [2.24, 2.45) is 0 Å². The Kier molecular flexibility index (Phi) is 4.50. The summed E-state index contributed by atoms with van der Waals surface area (Å²) in [4.78, 5) is 16.7. The van der Waals surface area contributed by atoms with Crippen LogP contribution < -0.4 is 0 Å². The van der Waals surface area contributed by atoms with Crippen LogP contribution in [0.3, 0.4) is 0 Å². The van der Waals surface area contributed by atoms with Crippen LogP contribution in [0.2, 0.25) is 0 Å². The van der Waals surface area contributed by atoms with Crippen molar-refractivity contribution in [1.29, 1.82) is 0 Å². The van der Waals surface area contributed by atoms with Gasteiger partial charge in [-0.1, -0.05) is 78.9 Å². The Hall–Kier alpha value is -3.72. The Labute approximate surface area is 157 Å². The first kappa shape index (κ1) is 16.7. The first-order valence-electron chi connectivity index (χ1n) is 8.68. The molecule has 1 heterocycles. The number of benzene rings is 3.